The number of phenolic OH excluding ortho intramolecular Hbond substituents is 1. The maximum Gasteiger partial charge on any atom is 0.314 e. The molecule has 146 valence electrons. The minimum Gasteiger partial charge on any atom is -0.502 e. The molecule has 2 aromatic carbocycles. The first-order valence-electron chi connectivity index (χ1n) is 9.70. The van der Waals surface area contributed by atoms with Crippen LogP contribution in [0.4, 0.5) is 5.69 Å². The van der Waals surface area contributed by atoms with E-state index in [1.165, 1.54) is 5.56 Å². The summed E-state index contributed by atoms with van der Waals surface area (Å²) in [5.74, 6) is -0.181. The number of nitrogens with zero attached hydrogens (tertiary/aromatic N) is 2. The summed E-state index contributed by atoms with van der Waals surface area (Å²) in [5, 5.41) is 21.9. The van der Waals surface area contributed by atoms with Crippen LogP contribution in [0.15, 0.2) is 42.5 Å². The van der Waals surface area contributed by atoms with Gasteiger partial charge in [0.1, 0.15) is 0 Å². The second-order valence-corrected chi connectivity index (χ2v) is 7.05. The highest BCUT2D eigenvalue weighted by Gasteiger charge is 2.25. The van der Waals surface area contributed by atoms with Crippen molar-refractivity contribution in [2.24, 2.45) is 0 Å². The molecule has 27 heavy (non-hydrogen) atoms. The zero-order chi connectivity index (χ0) is 19.8. The number of rotatable bonds is 10. The molecule has 1 unspecified atom stereocenters. The maximum atomic E-state index is 11.6. The van der Waals surface area contributed by atoms with Gasteiger partial charge in [-0.05, 0) is 51.3 Å². The SMILES string of the molecule is CCCN(C)C(CCc1ccccc1)Cc1ccc(CC)c(O)c1[N+](=O)[O-]. The van der Waals surface area contributed by atoms with E-state index in [0.29, 0.717) is 24.0 Å². The van der Waals surface area contributed by atoms with Crippen molar-refractivity contribution in [3.63, 3.8) is 0 Å². The first kappa shape index (κ1) is 20.9. The topological polar surface area (TPSA) is 66.6 Å². The molecule has 0 fully saturated rings. The van der Waals surface area contributed by atoms with Crippen molar-refractivity contribution in [3.05, 3.63) is 69.3 Å². The summed E-state index contributed by atoms with van der Waals surface area (Å²) in [7, 11) is 2.07. The van der Waals surface area contributed by atoms with E-state index in [-0.39, 0.29) is 17.5 Å². The standard InChI is InChI=1S/C22H30N2O3/c1-4-15-23(3)20(14-11-17-9-7-6-8-10-17)16-19-13-12-18(5-2)22(25)21(19)24(26)27/h6-10,12-13,20,25H,4-5,11,14-16H2,1-3H3. The first-order valence-corrected chi connectivity index (χ1v) is 9.70. The smallest absolute Gasteiger partial charge is 0.314 e. The number of aromatic hydroxyl groups is 1. The third-order valence-corrected chi connectivity index (χ3v) is 5.15. The van der Waals surface area contributed by atoms with Gasteiger partial charge >= 0.3 is 5.69 Å². The van der Waals surface area contributed by atoms with Crippen LogP contribution in [0.5, 0.6) is 5.75 Å². The molecule has 0 spiro atoms. The Kier molecular flexibility index (Phi) is 7.80. The third-order valence-electron chi connectivity index (χ3n) is 5.15. The number of likely N-dealkylation sites (N-methyl/N-ethyl adjacent to an activating group) is 1. The van der Waals surface area contributed by atoms with Gasteiger partial charge in [0.05, 0.1) is 4.92 Å². The molecular weight excluding hydrogens is 340 g/mol. The maximum absolute atomic E-state index is 11.6. The Morgan fingerprint density at radius 1 is 1.11 bits per heavy atom. The highest BCUT2D eigenvalue weighted by atomic mass is 16.6. The molecule has 0 radical (unpaired) electrons. The molecule has 0 saturated heterocycles. The van der Waals surface area contributed by atoms with Gasteiger partial charge in [-0.3, -0.25) is 10.1 Å². The number of phenols is 1. The van der Waals surface area contributed by atoms with E-state index in [9.17, 15) is 15.2 Å². The van der Waals surface area contributed by atoms with Crippen LogP contribution in [0.25, 0.3) is 0 Å². The first-order chi connectivity index (χ1) is 13.0. The third kappa shape index (κ3) is 5.54. The van der Waals surface area contributed by atoms with Gasteiger partial charge in [-0.15, -0.1) is 0 Å². The molecule has 1 atom stereocenters. The van der Waals surface area contributed by atoms with Gasteiger partial charge in [-0.1, -0.05) is 56.3 Å². The van der Waals surface area contributed by atoms with E-state index in [0.717, 1.165) is 25.8 Å². The monoisotopic (exact) mass is 370 g/mol. The number of nitro benzene ring substituents is 1. The lowest BCUT2D eigenvalue weighted by Gasteiger charge is -2.28. The van der Waals surface area contributed by atoms with Gasteiger partial charge in [-0.2, -0.15) is 0 Å². The minimum atomic E-state index is -0.447. The normalized spacial score (nSPS) is 12.3. The molecule has 2 aromatic rings. The summed E-state index contributed by atoms with van der Waals surface area (Å²) < 4.78 is 0. The lowest BCUT2D eigenvalue weighted by Crippen LogP contribution is -2.34. The largest absolute Gasteiger partial charge is 0.502 e. The summed E-state index contributed by atoms with van der Waals surface area (Å²) >= 11 is 0. The minimum absolute atomic E-state index is 0.135. The molecule has 5 heteroatoms. The second kappa shape index (κ2) is 10.1. The number of benzene rings is 2. The van der Waals surface area contributed by atoms with Crippen LogP contribution < -0.4 is 0 Å². The van der Waals surface area contributed by atoms with Gasteiger partial charge < -0.3 is 10.0 Å². The molecule has 0 aromatic heterocycles. The number of aryl methyl sites for hydroxylation is 2. The van der Waals surface area contributed by atoms with Crippen LogP contribution in [0.3, 0.4) is 0 Å². The van der Waals surface area contributed by atoms with Crippen molar-refractivity contribution in [3.8, 4) is 5.75 Å². The Labute approximate surface area is 161 Å². The van der Waals surface area contributed by atoms with Crippen LogP contribution in [-0.4, -0.2) is 34.6 Å². The summed E-state index contributed by atoms with van der Waals surface area (Å²) in [6.45, 7) is 4.96. The molecule has 0 saturated carbocycles. The van der Waals surface area contributed by atoms with Crippen LogP contribution in [0.2, 0.25) is 0 Å². The fraction of sp³-hybridized carbons (Fsp3) is 0.455. The highest BCUT2D eigenvalue weighted by Crippen LogP contribution is 2.35. The van der Waals surface area contributed by atoms with Crippen molar-refractivity contribution in [2.45, 2.75) is 52.0 Å². The Bertz CT molecular complexity index is 747. The van der Waals surface area contributed by atoms with Crippen molar-refractivity contribution in [2.75, 3.05) is 13.6 Å². The Hall–Kier alpha value is -2.40. The highest BCUT2D eigenvalue weighted by molar-refractivity contribution is 5.56. The van der Waals surface area contributed by atoms with Gasteiger partial charge in [0.2, 0.25) is 0 Å². The van der Waals surface area contributed by atoms with Crippen molar-refractivity contribution in [1.82, 2.24) is 4.90 Å². The predicted molar refractivity (Wildman–Crippen MR) is 109 cm³/mol. The van der Waals surface area contributed by atoms with E-state index < -0.39 is 4.92 Å². The molecule has 0 heterocycles. The number of nitro groups is 1. The average Bonchev–Trinajstić information content (AvgIpc) is 2.65. The molecule has 5 nitrogen and oxygen atoms in total. The van der Waals surface area contributed by atoms with E-state index >= 15 is 0 Å². The predicted octanol–water partition coefficient (Wildman–Crippen LogP) is 4.75. The Morgan fingerprint density at radius 2 is 1.78 bits per heavy atom. The Balaban J connectivity index is 2.26. The molecule has 2 rings (SSSR count). The van der Waals surface area contributed by atoms with Crippen molar-refractivity contribution in [1.29, 1.82) is 0 Å². The Morgan fingerprint density at radius 3 is 2.37 bits per heavy atom. The summed E-state index contributed by atoms with van der Waals surface area (Å²) in [6.07, 6.45) is 3.98. The second-order valence-electron chi connectivity index (χ2n) is 7.05. The molecule has 1 N–H and O–H groups in total. The van der Waals surface area contributed by atoms with E-state index in [1.807, 2.05) is 37.3 Å². The van der Waals surface area contributed by atoms with Crippen LogP contribution in [0.1, 0.15) is 43.4 Å². The quantitative estimate of drug-likeness (QED) is 0.484. The summed E-state index contributed by atoms with van der Waals surface area (Å²) in [6, 6.07) is 14.1. The van der Waals surface area contributed by atoms with Gasteiger partial charge in [0.25, 0.3) is 0 Å². The lowest BCUT2D eigenvalue weighted by molar-refractivity contribution is -0.386. The fourth-order valence-corrected chi connectivity index (χ4v) is 3.56. The van der Waals surface area contributed by atoms with E-state index in [4.69, 9.17) is 0 Å². The number of hydrogen-bond donors (Lipinski definition) is 1. The molecule has 0 aliphatic carbocycles. The molecule has 0 amide bonds. The average molecular weight is 370 g/mol. The van der Waals surface area contributed by atoms with Gasteiger partial charge in [-0.25, -0.2) is 0 Å². The summed E-state index contributed by atoms with van der Waals surface area (Å²) in [5.41, 5.74) is 2.36. The zero-order valence-corrected chi connectivity index (χ0v) is 16.5. The van der Waals surface area contributed by atoms with E-state index in [1.54, 1.807) is 0 Å². The molecular formula is C22H30N2O3. The number of hydrogen-bond acceptors (Lipinski definition) is 4. The summed E-state index contributed by atoms with van der Waals surface area (Å²) in [4.78, 5) is 13.4. The van der Waals surface area contributed by atoms with Crippen LogP contribution >= 0.6 is 0 Å². The molecule has 0 bridgehead atoms. The van der Waals surface area contributed by atoms with E-state index in [2.05, 4.69) is 31.0 Å². The van der Waals surface area contributed by atoms with Crippen LogP contribution in [-0.2, 0) is 19.3 Å². The molecule has 0 aliphatic rings. The fourth-order valence-electron chi connectivity index (χ4n) is 3.56. The van der Waals surface area contributed by atoms with Gasteiger partial charge in [0, 0.05) is 17.2 Å². The molecule has 0 aliphatic heterocycles. The van der Waals surface area contributed by atoms with Crippen molar-refractivity contribution < 1.29 is 10.0 Å². The van der Waals surface area contributed by atoms with Crippen LogP contribution in [0, 0.1) is 10.1 Å². The van der Waals surface area contributed by atoms with Gasteiger partial charge in [0.15, 0.2) is 5.75 Å². The zero-order valence-electron chi connectivity index (χ0n) is 16.5. The lowest BCUT2D eigenvalue weighted by atomic mass is 9.95. The van der Waals surface area contributed by atoms with Crippen molar-refractivity contribution >= 4 is 5.69 Å².